The number of ketones is 1. The van der Waals surface area contributed by atoms with Crippen LogP contribution in [0.3, 0.4) is 0 Å². The first kappa shape index (κ1) is 33.7. The van der Waals surface area contributed by atoms with Gasteiger partial charge in [0, 0.05) is 23.4 Å². The number of hydrogen-bond acceptors (Lipinski definition) is 6. The van der Waals surface area contributed by atoms with Crippen molar-refractivity contribution in [2.75, 3.05) is 20.3 Å². The number of aromatic amines is 1. The van der Waals surface area contributed by atoms with Crippen LogP contribution in [0.4, 0.5) is 26.3 Å². The van der Waals surface area contributed by atoms with E-state index in [4.69, 9.17) is 4.74 Å². The molecular weight excluding hydrogens is 590 g/mol. The minimum atomic E-state index is -5.85. The molecule has 3 atom stereocenters. The number of H-pyrrole nitrogens is 1. The lowest BCUT2D eigenvalue weighted by Gasteiger charge is -2.26. The molecule has 1 aromatic heterocycles. The molecule has 0 bridgehead atoms. The Morgan fingerprint density at radius 2 is 1.72 bits per heavy atom. The second-order valence-corrected chi connectivity index (χ2v) is 10.6. The van der Waals surface area contributed by atoms with Crippen molar-refractivity contribution in [2.24, 2.45) is 11.8 Å². The maximum atomic E-state index is 13.3. The molecule has 3 amide bonds. The van der Waals surface area contributed by atoms with Crippen LogP contribution in [-0.4, -0.2) is 79.3 Å². The standard InChI is InChI=1S/C27H32F6N4O6/c1-13(2)9-18(37-24(41)19-11-15-16(35-19)5-4-6-21(15)42-3)23(40)36-17(10-14-7-8-34-22(14)39)20(38)12-43-25(26(28,29)30)27(31,32)33/h4-6,11,13-14,17-18,25,35H,7-10,12H2,1-3H3,(H,34,39)(H,36,40)(H,37,41)/t14-,17?,18?/m0/s1. The third-order valence-electron chi connectivity index (χ3n) is 6.79. The van der Waals surface area contributed by atoms with Gasteiger partial charge in [0.25, 0.3) is 5.91 Å². The number of nitrogens with one attached hydrogen (secondary N) is 4. The summed E-state index contributed by atoms with van der Waals surface area (Å²) in [6.07, 6.45) is -16.0. The van der Waals surface area contributed by atoms with Crippen molar-refractivity contribution in [2.45, 2.75) is 63.7 Å². The summed E-state index contributed by atoms with van der Waals surface area (Å²) in [5.41, 5.74) is 0.654. The van der Waals surface area contributed by atoms with Gasteiger partial charge < -0.3 is 30.4 Å². The van der Waals surface area contributed by atoms with Crippen LogP contribution in [0, 0.1) is 11.8 Å². The Kier molecular flexibility index (Phi) is 10.7. The molecule has 1 fully saturated rings. The highest BCUT2D eigenvalue weighted by atomic mass is 19.4. The molecule has 2 unspecified atom stereocenters. The van der Waals surface area contributed by atoms with E-state index in [1.165, 1.54) is 13.2 Å². The fourth-order valence-electron chi connectivity index (χ4n) is 4.70. The van der Waals surface area contributed by atoms with Gasteiger partial charge >= 0.3 is 12.4 Å². The molecule has 43 heavy (non-hydrogen) atoms. The van der Waals surface area contributed by atoms with E-state index >= 15 is 0 Å². The minimum absolute atomic E-state index is 0.0622. The van der Waals surface area contributed by atoms with Gasteiger partial charge in [0.2, 0.25) is 17.9 Å². The third kappa shape index (κ3) is 8.84. The quantitative estimate of drug-likeness (QED) is 0.253. The lowest BCUT2D eigenvalue weighted by Crippen LogP contribution is -2.54. The number of halogens is 6. The van der Waals surface area contributed by atoms with Crippen molar-refractivity contribution in [1.29, 1.82) is 0 Å². The lowest BCUT2D eigenvalue weighted by atomic mass is 9.95. The maximum absolute atomic E-state index is 13.3. The molecule has 1 aromatic carbocycles. The average molecular weight is 623 g/mol. The Hall–Kier alpha value is -3.82. The SMILES string of the molecule is COc1cccc2[nH]c(C(=O)NC(CC(C)C)C(=O)NC(C[C@@H]3CCNC3=O)C(=O)COC(C(F)(F)F)C(F)(F)F)cc12. The molecule has 16 heteroatoms. The highest BCUT2D eigenvalue weighted by Crippen LogP contribution is 2.35. The van der Waals surface area contributed by atoms with Gasteiger partial charge in [-0.3, -0.25) is 19.2 Å². The number of benzene rings is 1. The highest BCUT2D eigenvalue weighted by Gasteiger charge is 2.58. The monoisotopic (exact) mass is 622 g/mol. The fraction of sp³-hybridized carbons (Fsp3) is 0.556. The summed E-state index contributed by atoms with van der Waals surface area (Å²) in [6, 6.07) is 3.66. The van der Waals surface area contributed by atoms with E-state index in [2.05, 4.69) is 25.7 Å². The van der Waals surface area contributed by atoms with E-state index in [9.17, 15) is 45.5 Å². The lowest BCUT2D eigenvalue weighted by molar-refractivity contribution is -0.319. The maximum Gasteiger partial charge on any atom is 0.423 e. The Morgan fingerprint density at radius 3 is 2.28 bits per heavy atom. The first-order valence-electron chi connectivity index (χ1n) is 13.3. The first-order chi connectivity index (χ1) is 20.0. The summed E-state index contributed by atoms with van der Waals surface area (Å²) in [4.78, 5) is 54.3. The number of amides is 3. The number of Topliss-reactive ketones (excluding diaryl/α,β-unsaturated/α-hetero) is 1. The Balaban J connectivity index is 1.80. The van der Waals surface area contributed by atoms with Crippen LogP contribution < -0.4 is 20.7 Å². The third-order valence-corrected chi connectivity index (χ3v) is 6.79. The number of ether oxygens (including phenoxy) is 2. The van der Waals surface area contributed by atoms with Crippen LogP contribution in [0.15, 0.2) is 24.3 Å². The van der Waals surface area contributed by atoms with E-state index < -0.39 is 73.0 Å². The minimum Gasteiger partial charge on any atom is -0.496 e. The number of hydrogen-bond donors (Lipinski definition) is 4. The van der Waals surface area contributed by atoms with Crippen molar-refractivity contribution in [1.82, 2.24) is 20.9 Å². The molecule has 0 saturated carbocycles. The van der Waals surface area contributed by atoms with Gasteiger partial charge in [-0.25, -0.2) is 0 Å². The molecule has 2 aromatic rings. The van der Waals surface area contributed by atoms with E-state index in [0.29, 0.717) is 16.7 Å². The van der Waals surface area contributed by atoms with E-state index in [1.807, 2.05) is 0 Å². The number of fused-ring (bicyclic) bond motifs is 1. The van der Waals surface area contributed by atoms with Gasteiger partial charge in [-0.05, 0) is 43.4 Å². The van der Waals surface area contributed by atoms with E-state index in [1.54, 1.807) is 32.0 Å². The molecular formula is C27H32F6N4O6. The summed E-state index contributed by atoms with van der Waals surface area (Å²) in [7, 11) is 1.45. The number of aromatic nitrogens is 1. The van der Waals surface area contributed by atoms with Crippen LogP contribution >= 0.6 is 0 Å². The van der Waals surface area contributed by atoms with Gasteiger partial charge in [0.05, 0.1) is 13.2 Å². The van der Waals surface area contributed by atoms with E-state index in [0.717, 1.165) is 0 Å². The van der Waals surface area contributed by atoms with Crippen LogP contribution in [0.1, 0.15) is 43.6 Å². The summed E-state index contributed by atoms with van der Waals surface area (Å²) in [5.74, 6) is -3.93. The van der Waals surface area contributed by atoms with Crippen molar-refractivity contribution < 1.29 is 55.0 Å². The van der Waals surface area contributed by atoms with Gasteiger partial charge in [-0.1, -0.05) is 19.9 Å². The summed E-state index contributed by atoms with van der Waals surface area (Å²) in [6.45, 7) is 2.09. The molecule has 10 nitrogen and oxygen atoms in total. The van der Waals surface area contributed by atoms with Gasteiger partial charge in [0.1, 0.15) is 24.1 Å². The zero-order valence-electron chi connectivity index (χ0n) is 23.4. The second-order valence-electron chi connectivity index (χ2n) is 10.6. The highest BCUT2D eigenvalue weighted by molar-refractivity contribution is 6.02. The molecule has 1 saturated heterocycles. The second kappa shape index (κ2) is 13.7. The van der Waals surface area contributed by atoms with Crippen molar-refractivity contribution in [3.05, 3.63) is 30.0 Å². The smallest absolute Gasteiger partial charge is 0.423 e. The molecule has 0 radical (unpaired) electrons. The molecule has 4 N–H and O–H groups in total. The Labute approximate surface area is 242 Å². The Bertz CT molecular complexity index is 1310. The van der Waals surface area contributed by atoms with E-state index in [-0.39, 0.29) is 31.0 Å². The van der Waals surface area contributed by atoms with Crippen LogP contribution in [0.2, 0.25) is 0 Å². The topological polar surface area (TPSA) is 139 Å². The molecule has 2 heterocycles. The van der Waals surface area contributed by atoms with Gasteiger partial charge in [-0.2, -0.15) is 26.3 Å². The number of carbonyl (C=O) groups is 4. The van der Waals surface area contributed by atoms with Crippen molar-refractivity contribution >= 4 is 34.4 Å². The number of alkyl halides is 6. The molecule has 238 valence electrons. The molecule has 1 aliphatic rings. The predicted molar refractivity (Wildman–Crippen MR) is 140 cm³/mol. The van der Waals surface area contributed by atoms with Crippen LogP contribution in [0.25, 0.3) is 10.9 Å². The average Bonchev–Trinajstić information content (AvgIpc) is 3.51. The van der Waals surface area contributed by atoms with Gasteiger partial charge in [0.15, 0.2) is 5.78 Å². The number of methoxy groups -OCH3 is 1. The zero-order valence-corrected chi connectivity index (χ0v) is 23.4. The predicted octanol–water partition coefficient (Wildman–Crippen LogP) is 3.41. The van der Waals surface area contributed by atoms with Crippen molar-refractivity contribution in [3.63, 3.8) is 0 Å². The number of rotatable bonds is 13. The van der Waals surface area contributed by atoms with Crippen LogP contribution in [-0.2, 0) is 19.1 Å². The zero-order chi connectivity index (χ0) is 32.1. The number of carbonyl (C=O) groups excluding carboxylic acids is 4. The summed E-state index contributed by atoms with van der Waals surface area (Å²) >= 11 is 0. The van der Waals surface area contributed by atoms with Gasteiger partial charge in [-0.15, -0.1) is 0 Å². The molecule has 0 spiro atoms. The summed E-state index contributed by atoms with van der Waals surface area (Å²) in [5, 5.41) is 7.98. The largest absolute Gasteiger partial charge is 0.496 e. The molecule has 1 aliphatic heterocycles. The first-order valence-corrected chi connectivity index (χ1v) is 13.3. The van der Waals surface area contributed by atoms with Crippen LogP contribution in [0.5, 0.6) is 5.75 Å². The molecule has 3 rings (SSSR count). The Morgan fingerprint density at radius 1 is 1.05 bits per heavy atom. The fourth-order valence-corrected chi connectivity index (χ4v) is 4.70. The summed E-state index contributed by atoms with van der Waals surface area (Å²) < 4.78 is 86.8. The molecule has 0 aliphatic carbocycles. The normalized spacial score (nSPS) is 17.2. The van der Waals surface area contributed by atoms with Crippen molar-refractivity contribution in [3.8, 4) is 5.75 Å².